The minimum absolute atomic E-state index is 0.164. The van der Waals surface area contributed by atoms with Crippen LogP contribution in [0.4, 0.5) is 0 Å². The Labute approximate surface area is 163 Å². The van der Waals surface area contributed by atoms with Crippen molar-refractivity contribution in [2.75, 3.05) is 6.26 Å². The van der Waals surface area contributed by atoms with Crippen LogP contribution >= 0.6 is 11.8 Å². The summed E-state index contributed by atoms with van der Waals surface area (Å²) in [5, 5.41) is 10.4. The summed E-state index contributed by atoms with van der Waals surface area (Å²) < 4.78 is 2.99. The first kappa shape index (κ1) is 17.9. The maximum absolute atomic E-state index is 12.6. The molecule has 0 saturated carbocycles. The van der Waals surface area contributed by atoms with Crippen LogP contribution in [0.1, 0.15) is 11.3 Å². The van der Waals surface area contributed by atoms with Crippen LogP contribution in [0.2, 0.25) is 0 Å². The zero-order valence-electron chi connectivity index (χ0n) is 15.1. The molecule has 4 aromatic rings. The summed E-state index contributed by atoms with van der Waals surface area (Å²) in [6.45, 7) is 0.164. The second-order valence-electron chi connectivity index (χ2n) is 6.12. The van der Waals surface area contributed by atoms with E-state index in [9.17, 15) is 14.9 Å². The third-order valence-corrected chi connectivity index (χ3v) is 5.03. The summed E-state index contributed by atoms with van der Waals surface area (Å²) in [4.78, 5) is 37.9. The predicted molar refractivity (Wildman–Crippen MR) is 106 cm³/mol. The molecule has 0 bridgehead atoms. The van der Waals surface area contributed by atoms with Crippen LogP contribution in [0.25, 0.3) is 22.1 Å². The number of rotatable bonds is 3. The molecule has 4 aromatic heterocycles. The summed E-state index contributed by atoms with van der Waals surface area (Å²) >= 11 is 1.36. The maximum atomic E-state index is 12.6. The van der Waals surface area contributed by atoms with Gasteiger partial charge in [-0.15, -0.1) is 0 Å². The average Bonchev–Trinajstić information content (AvgIpc) is 2.72. The Morgan fingerprint density at radius 3 is 2.68 bits per heavy atom. The number of aromatic nitrogens is 5. The Morgan fingerprint density at radius 1 is 1.14 bits per heavy atom. The lowest BCUT2D eigenvalue weighted by molar-refractivity contribution is 0.751. The molecule has 0 saturated heterocycles. The highest BCUT2D eigenvalue weighted by Gasteiger charge is 2.13. The van der Waals surface area contributed by atoms with Crippen molar-refractivity contribution >= 4 is 33.8 Å². The molecule has 0 aromatic carbocycles. The summed E-state index contributed by atoms with van der Waals surface area (Å²) in [5.74, 6) is 0. The molecule has 28 heavy (non-hydrogen) atoms. The summed E-state index contributed by atoms with van der Waals surface area (Å²) in [7, 11) is 1.65. The van der Waals surface area contributed by atoms with Gasteiger partial charge in [-0.1, -0.05) is 11.8 Å². The Morgan fingerprint density at radius 2 is 1.93 bits per heavy atom. The lowest BCUT2D eigenvalue weighted by Crippen LogP contribution is -2.22. The first-order valence-electron chi connectivity index (χ1n) is 8.32. The van der Waals surface area contributed by atoms with E-state index in [1.54, 1.807) is 25.2 Å². The number of hydrogen-bond acceptors (Lipinski definition) is 7. The number of nitriles is 1. The van der Waals surface area contributed by atoms with E-state index in [1.807, 2.05) is 12.3 Å². The first-order chi connectivity index (χ1) is 13.5. The first-order valence-corrected chi connectivity index (χ1v) is 9.54. The van der Waals surface area contributed by atoms with E-state index in [0.29, 0.717) is 38.5 Å². The largest absolute Gasteiger partial charge is 0.301 e. The molecule has 0 N–H and O–H groups in total. The van der Waals surface area contributed by atoms with Crippen LogP contribution in [-0.2, 0) is 13.6 Å². The lowest BCUT2D eigenvalue weighted by atomic mass is 10.2. The van der Waals surface area contributed by atoms with Gasteiger partial charge in [0.25, 0.3) is 11.1 Å². The van der Waals surface area contributed by atoms with Crippen LogP contribution in [0, 0.1) is 11.3 Å². The van der Waals surface area contributed by atoms with Crippen LogP contribution in [0.15, 0.2) is 51.3 Å². The Kier molecular flexibility index (Phi) is 4.41. The molecule has 138 valence electrons. The fraction of sp³-hybridized carbons (Fsp3) is 0.158. The van der Waals surface area contributed by atoms with Gasteiger partial charge in [-0.3, -0.25) is 19.1 Å². The molecule has 0 amide bonds. The second kappa shape index (κ2) is 6.90. The molecule has 0 aliphatic heterocycles. The van der Waals surface area contributed by atoms with Gasteiger partial charge in [0, 0.05) is 30.8 Å². The van der Waals surface area contributed by atoms with E-state index in [1.165, 1.54) is 39.2 Å². The summed E-state index contributed by atoms with van der Waals surface area (Å²) in [5.41, 5.74) is 2.24. The monoisotopic (exact) mass is 390 g/mol. The quantitative estimate of drug-likeness (QED) is 0.387. The molecule has 0 aliphatic carbocycles. The van der Waals surface area contributed by atoms with E-state index in [4.69, 9.17) is 0 Å². The van der Waals surface area contributed by atoms with E-state index in [2.05, 4.69) is 15.0 Å². The Bertz CT molecular complexity index is 1400. The number of nitrogens with zero attached hydrogens (tertiary/aromatic N) is 6. The van der Waals surface area contributed by atoms with Gasteiger partial charge < -0.3 is 4.57 Å². The van der Waals surface area contributed by atoms with Crippen LogP contribution in [0.3, 0.4) is 0 Å². The summed E-state index contributed by atoms with van der Waals surface area (Å²) in [6.07, 6.45) is 3.32. The molecule has 0 spiro atoms. The van der Waals surface area contributed by atoms with E-state index in [-0.39, 0.29) is 17.7 Å². The van der Waals surface area contributed by atoms with Crippen molar-refractivity contribution in [2.24, 2.45) is 7.05 Å². The SMILES string of the molecule is CSc1nc(Cn2c(=O)ccc3ncc(C#N)cc32)c2ccc(=O)n(C)c2n1. The molecule has 4 heterocycles. The molecule has 9 heteroatoms. The molecule has 0 radical (unpaired) electrons. The standard InChI is InChI=1S/C19H14N6O2S/c1-24-16(26)5-3-12-14(22-19(28-2)23-18(12)24)10-25-15-7-11(8-20)9-21-13(15)4-6-17(25)27/h3-7,9H,10H2,1-2H3. The molecular weight excluding hydrogens is 376 g/mol. The van der Waals surface area contributed by atoms with Gasteiger partial charge >= 0.3 is 0 Å². The van der Waals surface area contributed by atoms with Crippen molar-refractivity contribution in [3.05, 3.63) is 68.5 Å². The normalized spacial score (nSPS) is 11.0. The molecule has 0 fully saturated rings. The van der Waals surface area contributed by atoms with Gasteiger partial charge in [-0.05, 0) is 24.5 Å². The smallest absolute Gasteiger partial charge is 0.251 e. The highest BCUT2D eigenvalue weighted by molar-refractivity contribution is 7.98. The van der Waals surface area contributed by atoms with Crippen LogP contribution in [-0.4, -0.2) is 30.3 Å². The molecule has 8 nitrogen and oxygen atoms in total. The fourth-order valence-corrected chi connectivity index (χ4v) is 3.41. The zero-order chi connectivity index (χ0) is 19.8. The minimum Gasteiger partial charge on any atom is -0.301 e. The molecule has 0 aliphatic rings. The number of thioether (sulfide) groups is 1. The molecular formula is C19H14N6O2S. The zero-order valence-corrected chi connectivity index (χ0v) is 15.9. The number of pyridine rings is 3. The van der Waals surface area contributed by atoms with Gasteiger partial charge in [-0.2, -0.15) is 5.26 Å². The predicted octanol–water partition coefficient (Wildman–Crippen LogP) is 1.68. The highest BCUT2D eigenvalue weighted by atomic mass is 32.2. The van der Waals surface area contributed by atoms with Crippen molar-refractivity contribution in [3.8, 4) is 6.07 Å². The molecule has 0 atom stereocenters. The third-order valence-electron chi connectivity index (χ3n) is 4.48. The Hall–Kier alpha value is -3.51. The fourth-order valence-electron chi connectivity index (χ4n) is 3.03. The second-order valence-corrected chi connectivity index (χ2v) is 6.90. The van der Waals surface area contributed by atoms with Crippen LogP contribution in [0.5, 0.6) is 0 Å². The lowest BCUT2D eigenvalue weighted by Gasteiger charge is -2.13. The van der Waals surface area contributed by atoms with Crippen molar-refractivity contribution in [2.45, 2.75) is 11.7 Å². The summed E-state index contributed by atoms with van der Waals surface area (Å²) in [6, 6.07) is 9.88. The minimum atomic E-state index is -0.230. The topological polar surface area (TPSA) is 106 Å². The molecule has 0 unspecified atom stereocenters. The van der Waals surface area contributed by atoms with Crippen molar-refractivity contribution in [1.82, 2.24) is 24.1 Å². The number of fused-ring (bicyclic) bond motifs is 2. The van der Waals surface area contributed by atoms with Gasteiger partial charge in [0.05, 0.1) is 28.8 Å². The van der Waals surface area contributed by atoms with Crippen molar-refractivity contribution < 1.29 is 0 Å². The van der Waals surface area contributed by atoms with E-state index in [0.717, 1.165) is 0 Å². The van der Waals surface area contributed by atoms with Gasteiger partial charge in [0.15, 0.2) is 5.16 Å². The highest BCUT2D eigenvalue weighted by Crippen LogP contribution is 2.20. The van der Waals surface area contributed by atoms with E-state index < -0.39 is 0 Å². The number of hydrogen-bond donors (Lipinski definition) is 0. The Balaban J connectivity index is 2.00. The van der Waals surface area contributed by atoms with E-state index >= 15 is 0 Å². The van der Waals surface area contributed by atoms with Gasteiger partial charge in [0.2, 0.25) is 0 Å². The van der Waals surface area contributed by atoms with Crippen molar-refractivity contribution in [1.29, 1.82) is 5.26 Å². The number of aryl methyl sites for hydroxylation is 1. The van der Waals surface area contributed by atoms with Crippen molar-refractivity contribution in [3.63, 3.8) is 0 Å². The van der Waals surface area contributed by atoms with Gasteiger partial charge in [0.1, 0.15) is 11.7 Å². The third kappa shape index (κ3) is 2.93. The maximum Gasteiger partial charge on any atom is 0.251 e. The van der Waals surface area contributed by atoms with Gasteiger partial charge in [-0.25, -0.2) is 9.97 Å². The average molecular weight is 390 g/mol. The van der Waals surface area contributed by atoms with Crippen LogP contribution < -0.4 is 11.1 Å². The molecule has 4 rings (SSSR count).